The van der Waals surface area contributed by atoms with E-state index in [0.717, 1.165) is 37.3 Å². The average Bonchev–Trinajstić information content (AvgIpc) is 2.85. The van der Waals surface area contributed by atoms with Crippen LogP contribution in [0.15, 0.2) is 12.1 Å². The normalized spacial score (nSPS) is 22.9. The van der Waals surface area contributed by atoms with E-state index in [1.807, 2.05) is 11.0 Å². The first-order chi connectivity index (χ1) is 8.75. The molecule has 0 spiro atoms. The highest BCUT2D eigenvalue weighted by Crippen LogP contribution is 2.24. The number of piperazine rings is 1. The van der Waals surface area contributed by atoms with Crippen LogP contribution in [-0.2, 0) is 17.6 Å². The molecular weight excluding hydrogens is 230 g/mol. The van der Waals surface area contributed by atoms with Crippen molar-refractivity contribution < 1.29 is 9.90 Å². The van der Waals surface area contributed by atoms with E-state index < -0.39 is 12.0 Å². The number of rotatable bonds is 2. The van der Waals surface area contributed by atoms with E-state index in [2.05, 4.69) is 16.4 Å². The molecule has 5 heteroatoms. The summed E-state index contributed by atoms with van der Waals surface area (Å²) in [6.07, 6.45) is 3.29. The quantitative estimate of drug-likeness (QED) is 0.793. The third kappa shape index (κ3) is 1.95. The van der Waals surface area contributed by atoms with Crippen molar-refractivity contribution in [3.8, 4) is 0 Å². The third-order valence-corrected chi connectivity index (χ3v) is 3.74. The second kappa shape index (κ2) is 4.57. The number of carboxylic acid groups (broad SMARTS) is 1. The average molecular weight is 247 g/mol. The fraction of sp³-hybridized carbons (Fsp3) is 0.538. The Labute approximate surface area is 106 Å². The van der Waals surface area contributed by atoms with E-state index in [9.17, 15) is 9.90 Å². The van der Waals surface area contributed by atoms with Crippen LogP contribution in [0.2, 0.25) is 0 Å². The van der Waals surface area contributed by atoms with Crippen molar-refractivity contribution in [1.29, 1.82) is 0 Å². The monoisotopic (exact) mass is 247 g/mol. The van der Waals surface area contributed by atoms with Crippen LogP contribution in [0.3, 0.4) is 0 Å². The fourth-order valence-corrected chi connectivity index (χ4v) is 2.77. The maximum absolute atomic E-state index is 11.3. The zero-order chi connectivity index (χ0) is 12.5. The lowest BCUT2D eigenvalue weighted by Gasteiger charge is -2.34. The van der Waals surface area contributed by atoms with Crippen molar-refractivity contribution in [2.75, 3.05) is 24.5 Å². The lowest BCUT2D eigenvalue weighted by molar-refractivity contribution is -0.138. The van der Waals surface area contributed by atoms with E-state index in [-0.39, 0.29) is 0 Å². The molecule has 1 unspecified atom stereocenters. The first-order valence-corrected chi connectivity index (χ1v) is 6.44. The molecule has 2 heterocycles. The molecule has 0 bridgehead atoms. The van der Waals surface area contributed by atoms with E-state index >= 15 is 0 Å². The number of fused-ring (bicyclic) bond motifs is 1. The van der Waals surface area contributed by atoms with Crippen LogP contribution in [0.25, 0.3) is 0 Å². The molecule has 1 aromatic heterocycles. The van der Waals surface area contributed by atoms with Crippen LogP contribution in [0, 0.1) is 0 Å². The number of aromatic nitrogens is 1. The van der Waals surface area contributed by atoms with Gasteiger partial charge in [0.05, 0.1) is 0 Å². The fourth-order valence-electron chi connectivity index (χ4n) is 2.77. The minimum Gasteiger partial charge on any atom is -0.480 e. The minimum absolute atomic E-state index is 0.480. The van der Waals surface area contributed by atoms with Crippen molar-refractivity contribution in [1.82, 2.24) is 10.3 Å². The first-order valence-electron chi connectivity index (χ1n) is 6.44. The van der Waals surface area contributed by atoms with Gasteiger partial charge >= 0.3 is 5.97 Å². The molecule has 1 atom stereocenters. The van der Waals surface area contributed by atoms with Crippen LogP contribution in [0.5, 0.6) is 0 Å². The number of pyridine rings is 1. The number of aryl methyl sites for hydroxylation is 2. The number of nitrogens with one attached hydrogen (secondary N) is 1. The highest BCUT2D eigenvalue weighted by molar-refractivity contribution is 5.78. The Balaban J connectivity index is 1.90. The van der Waals surface area contributed by atoms with E-state index in [1.54, 1.807) is 0 Å². The molecule has 5 nitrogen and oxygen atoms in total. The summed E-state index contributed by atoms with van der Waals surface area (Å²) < 4.78 is 0. The Morgan fingerprint density at radius 1 is 1.44 bits per heavy atom. The molecule has 2 N–H and O–H groups in total. The van der Waals surface area contributed by atoms with Gasteiger partial charge in [0.2, 0.25) is 0 Å². The van der Waals surface area contributed by atoms with Crippen LogP contribution in [0.4, 0.5) is 5.82 Å². The number of carbonyl (C=O) groups is 1. The van der Waals surface area contributed by atoms with Gasteiger partial charge in [-0.05, 0) is 30.9 Å². The van der Waals surface area contributed by atoms with Gasteiger partial charge in [0.25, 0.3) is 0 Å². The summed E-state index contributed by atoms with van der Waals surface area (Å²) in [5.74, 6) is 0.0223. The number of carboxylic acids is 1. The summed E-state index contributed by atoms with van der Waals surface area (Å²) in [5.41, 5.74) is 2.47. The maximum atomic E-state index is 11.3. The van der Waals surface area contributed by atoms with E-state index in [1.165, 1.54) is 5.56 Å². The minimum atomic E-state index is -0.788. The SMILES string of the molecule is O=C(O)C1CNCCN1c1ccc2c(n1)CCC2. The smallest absolute Gasteiger partial charge is 0.327 e. The van der Waals surface area contributed by atoms with Crippen molar-refractivity contribution in [3.63, 3.8) is 0 Å². The molecular formula is C13H17N3O2. The van der Waals surface area contributed by atoms with Crippen molar-refractivity contribution >= 4 is 11.8 Å². The van der Waals surface area contributed by atoms with Gasteiger partial charge in [-0.25, -0.2) is 9.78 Å². The molecule has 3 rings (SSSR count). The van der Waals surface area contributed by atoms with E-state index in [4.69, 9.17) is 0 Å². The largest absolute Gasteiger partial charge is 0.480 e. The Bertz CT molecular complexity index is 475. The number of anilines is 1. The van der Waals surface area contributed by atoms with Gasteiger partial charge in [0.1, 0.15) is 11.9 Å². The summed E-state index contributed by atoms with van der Waals surface area (Å²) in [6, 6.07) is 3.56. The van der Waals surface area contributed by atoms with E-state index in [0.29, 0.717) is 13.1 Å². The molecule has 1 aliphatic heterocycles. The number of hydrogen-bond acceptors (Lipinski definition) is 4. The Morgan fingerprint density at radius 3 is 3.17 bits per heavy atom. The topological polar surface area (TPSA) is 65.5 Å². The Morgan fingerprint density at radius 2 is 2.33 bits per heavy atom. The molecule has 96 valence electrons. The van der Waals surface area contributed by atoms with Crippen molar-refractivity contribution in [2.24, 2.45) is 0 Å². The summed E-state index contributed by atoms with van der Waals surface area (Å²) in [7, 11) is 0. The first kappa shape index (κ1) is 11.5. The molecule has 0 radical (unpaired) electrons. The number of hydrogen-bond donors (Lipinski definition) is 2. The highest BCUT2D eigenvalue weighted by atomic mass is 16.4. The van der Waals surface area contributed by atoms with Crippen molar-refractivity contribution in [3.05, 3.63) is 23.4 Å². The zero-order valence-electron chi connectivity index (χ0n) is 10.2. The molecule has 1 aliphatic carbocycles. The second-order valence-electron chi connectivity index (χ2n) is 4.88. The summed E-state index contributed by atoms with van der Waals surface area (Å²) in [4.78, 5) is 17.8. The summed E-state index contributed by atoms with van der Waals surface area (Å²) >= 11 is 0. The molecule has 0 saturated carbocycles. The number of nitrogens with zero attached hydrogens (tertiary/aromatic N) is 2. The molecule has 2 aliphatic rings. The molecule has 1 saturated heterocycles. The van der Waals surface area contributed by atoms with Crippen LogP contribution in [-0.4, -0.2) is 41.7 Å². The molecule has 0 amide bonds. The maximum Gasteiger partial charge on any atom is 0.327 e. The predicted molar refractivity (Wildman–Crippen MR) is 67.9 cm³/mol. The van der Waals surface area contributed by atoms with Crippen LogP contribution < -0.4 is 10.2 Å². The van der Waals surface area contributed by atoms with Gasteiger partial charge in [-0.15, -0.1) is 0 Å². The van der Waals surface area contributed by atoms with Gasteiger partial charge in [0.15, 0.2) is 0 Å². The standard InChI is InChI=1S/C13H17N3O2/c17-13(18)11-8-14-6-7-16(11)12-5-4-9-2-1-3-10(9)15-12/h4-5,11,14H,1-3,6-8H2,(H,17,18). The molecule has 1 fully saturated rings. The summed E-state index contributed by atoms with van der Waals surface area (Å²) in [6.45, 7) is 1.99. The van der Waals surface area contributed by atoms with Gasteiger partial charge in [-0.1, -0.05) is 6.07 Å². The van der Waals surface area contributed by atoms with Gasteiger partial charge < -0.3 is 15.3 Å². The Kier molecular flexibility index (Phi) is 2.91. The van der Waals surface area contributed by atoms with Crippen LogP contribution in [0.1, 0.15) is 17.7 Å². The second-order valence-corrected chi connectivity index (χ2v) is 4.88. The third-order valence-electron chi connectivity index (χ3n) is 3.74. The van der Waals surface area contributed by atoms with Gasteiger partial charge in [-0.2, -0.15) is 0 Å². The highest BCUT2D eigenvalue weighted by Gasteiger charge is 2.29. The summed E-state index contributed by atoms with van der Waals surface area (Å²) in [5, 5.41) is 12.4. The molecule has 1 aromatic rings. The Hall–Kier alpha value is -1.62. The number of aliphatic carboxylic acids is 1. The zero-order valence-corrected chi connectivity index (χ0v) is 10.2. The van der Waals surface area contributed by atoms with Gasteiger partial charge in [-0.3, -0.25) is 0 Å². The molecule has 18 heavy (non-hydrogen) atoms. The van der Waals surface area contributed by atoms with Gasteiger partial charge in [0, 0.05) is 25.3 Å². The predicted octanol–water partition coefficient (Wildman–Crippen LogP) is 0.433. The van der Waals surface area contributed by atoms with Crippen LogP contribution >= 0.6 is 0 Å². The van der Waals surface area contributed by atoms with Crippen molar-refractivity contribution in [2.45, 2.75) is 25.3 Å². The molecule has 0 aromatic carbocycles. The lowest BCUT2D eigenvalue weighted by Crippen LogP contribution is -2.55. The lowest BCUT2D eigenvalue weighted by atomic mass is 10.1.